The number of carboxylic acids is 3. The molecule has 0 aromatic heterocycles. The summed E-state index contributed by atoms with van der Waals surface area (Å²) in [5.74, 6) is -6.17. The van der Waals surface area contributed by atoms with Crippen LogP contribution in [0.1, 0.15) is 38.5 Å². The zero-order chi connectivity index (χ0) is 14.2. The summed E-state index contributed by atoms with van der Waals surface area (Å²) in [7, 11) is 0. The van der Waals surface area contributed by atoms with E-state index < -0.39 is 35.2 Å². The predicted molar refractivity (Wildman–Crippen MR) is 63.5 cm³/mol. The maximum absolute atomic E-state index is 11.6. The molecule has 0 aromatic rings. The van der Waals surface area contributed by atoms with E-state index in [9.17, 15) is 29.7 Å². The molecule has 0 spiro atoms. The minimum Gasteiger partial charge on any atom is -0.481 e. The first kappa shape index (κ1) is 13.8. The van der Waals surface area contributed by atoms with Crippen molar-refractivity contribution in [2.75, 3.05) is 0 Å². The van der Waals surface area contributed by atoms with Crippen LogP contribution in [0.3, 0.4) is 0 Å². The van der Waals surface area contributed by atoms with Gasteiger partial charge in [0.2, 0.25) is 0 Å². The van der Waals surface area contributed by atoms with Crippen LogP contribution < -0.4 is 0 Å². The first-order valence-corrected chi connectivity index (χ1v) is 6.62. The minimum atomic E-state index is -2.16. The molecule has 106 valence electrons. The van der Waals surface area contributed by atoms with Gasteiger partial charge in [0, 0.05) is 0 Å². The second kappa shape index (κ2) is 4.83. The van der Waals surface area contributed by atoms with Crippen LogP contribution in [0.5, 0.6) is 0 Å². The van der Waals surface area contributed by atoms with Gasteiger partial charge in [-0.3, -0.25) is 14.4 Å². The molecule has 0 bridgehead atoms. The smallest absolute Gasteiger partial charge is 0.322 e. The Balaban J connectivity index is 2.52. The molecule has 19 heavy (non-hydrogen) atoms. The van der Waals surface area contributed by atoms with Crippen LogP contribution in [0.15, 0.2) is 0 Å². The van der Waals surface area contributed by atoms with E-state index in [1.54, 1.807) is 0 Å². The van der Waals surface area contributed by atoms with Crippen molar-refractivity contribution in [1.29, 1.82) is 0 Å². The standard InChI is InChI=1S/C13H18O6/c14-10(15)9-6-5-7-3-1-2-4-8(7)13(9,11(16)17)12(18)19/h7-9H,1-6H2,(H,14,15)(H,16,17)(H,18,19). The fourth-order valence-electron chi connectivity index (χ4n) is 4.04. The van der Waals surface area contributed by atoms with E-state index in [0.29, 0.717) is 12.8 Å². The van der Waals surface area contributed by atoms with Crippen molar-refractivity contribution in [2.45, 2.75) is 38.5 Å². The van der Waals surface area contributed by atoms with Gasteiger partial charge in [-0.25, -0.2) is 0 Å². The van der Waals surface area contributed by atoms with Gasteiger partial charge in [0.1, 0.15) is 0 Å². The van der Waals surface area contributed by atoms with Gasteiger partial charge < -0.3 is 15.3 Å². The Bertz CT molecular complexity index is 401. The molecule has 3 N–H and O–H groups in total. The molecule has 2 saturated carbocycles. The lowest BCUT2D eigenvalue weighted by atomic mass is 9.53. The molecule has 2 aliphatic rings. The third kappa shape index (κ3) is 1.89. The Morgan fingerprint density at radius 3 is 1.95 bits per heavy atom. The zero-order valence-corrected chi connectivity index (χ0v) is 10.5. The number of hydrogen-bond donors (Lipinski definition) is 3. The normalized spacial score (nSPS) is 33.2. The van der Waals surface area contributed by atoms with E-state index in [1.165, 1.54) is 0 Å². The molecule has 0 heterocycles. The lowest BCUT2D eigenvalue weighted by molar-refractivity contribution is -0.190. The van der Waals surface area contributed by atoms with Gasteiger partial charge in [-0.1, -0.05) is 19.3 Å². The third-order valence-electron chi connectivity index (χ3n) is 4.88. The van der Waals surface area contributed by atoms with Crippen LogP contribution in [-0.4, -0.2) is 33.2 Å². The Hall–Kier alpha value is -1.59. The number of rotatable bonds is 3. The van der Waals surface area contributed by atoms with Gasteiger partial charge in [-0.15, -0.1) is 0 Å². The molecule has 3 unspecified atom stereocenters. The van der Waals surface area contributed by atoms with Crippen molar-refractivity contribution in [3.63, 3.8) is 0 Å². The number of aliphatic carboxylic acids is 3. The van der Waals surface area contributed by atoms with Gasteiger partial charge in [0.05, 0.1) is 5.92 Å². The second-order valence-corrected chi connectivity index (χ2v) is 5.60. The monoisotopic (exact) mass is 270 g/mol. The lowest BCUT2D eigenvalue weighted by Gasteiger charge is -2.48. The summed E-state index contributed by atoms with van der Waals surface area (Å²) < 4.78 is 0. The molecule has 2 aliphatic carbocycles. The highest BCUT2D eigenvalue weighted by Crippen LogP contribution is 2.54. The zero-order valence-electron chi connectivity index (χ0n) is 10.5. The van der Waals surface area contributed by atoms with Crippen LogP contribution in [0.25, 0.3) is 0 Å². The summed E-state index contributed by atoms with van der Waals surface area (Å²) >= 11 is 0. The Morgan fingerprint density at radius 1 is 0.842 bits per heavy atom. The summed E-state index contributed by atoms with van der Waals surface area (Å²) in [6.07, 6.45) is 3.79. The quantitative estimate of drug-likeness (QED) is 0.669. The first-order chi connectivity index (χ1) is 8.92. The number of fused-ring (bicyclic) bond motifs is 1. The molecule has 3 atom stereocenters. The fourth-order valence-corrected chi connectivity index (χ4v) is 4.04. The molecule has 6 nitrogen and oxygen atoms in total. The highest BCUT2D eigenvalue weighted by Gasteiger charge is 2.64. The van der Waals surface area contributed by atoms with Crippen molar-refractivity contribution < 1.29 is 29.7 Å². The Labute approximate surface area is 110 Å². The lowest BCUT2D eigenvalue weighted by Crippen LogP contribution is -2.58. The summed E-state index contributed by atoms with van der Waals surface area (Å²) in [4.78, 5) is 34.6. The third-order valence-corrected chi connectivity index (χ3v) is 4.88. The van der Waals surface area contributed by atoms with Crippen molar-refractivity contribution in [2.24, 2.45) is 23.2 Å². The average molecular weight is 270 g/mol. The van der Waals surface area contributed by atoms with E-state index in [1.807, 2.05) is 0 Å². The summed E-state index contributed by atoms with van der Waals surface area (Å²) in [6, 6.07) is 0. The molecular formula is C13H18O6. The van der Waals surface area contributed by atoms with Gasteiger partial charge in [-0.2, -0.15) is 0 Å². The first-order valence-electron chi connectivity index (χ1n) is 6.62. The van der Waals surface area contributed by atoms with Crippen LogP contribution in [0.4, 0.5) is 0 Å². The van der Waals surface area contributed by atoms with Crippen molar-refractivity contribution in [3.8, 4) is 0 Å². The minimum absolute atomic E-state index is 0.0246. The van der Waals surface area contributed by atoms with E-state index in [4.69, 9.17) is 0 Å². The van der Waals surface area contributed by atoms with Crippen molar-refractivity contribution in [3.05, 3.63) is 0 Å². The molecule has 0 aliphatic heterocycles. The summed E-state index contributed by atoms with van der Waals surface area (Å²) in [6.45, 7) is 0. The number of carboxylic acid groups (broad SMARTS) is 3. The number of hydrogen-bond acceptors (Lipinski definition) is 3. The molecule has 0 amide bonds. The van der Waals surface area contributed by atoms with E-state index in [-0.39, 0.29) is 12.3 Å². The molecule has 2 fully saturated rings. The highest BCUT2D eigenvalue weighted by atomic mass is 16.4. The van der Waals surface area contributed by atoms with E-state index in [2.05, 4.69) is 0 Å². The topological polar surface area (TPSA) is 112 Å². The maximum Gasteiger partial charge on any atom is 0.322 e. The Kier molecular flexibility index (Phi) is 3.52. The molecule has 2 rings (SSSR count). The number of carbonyl (C=O) groups is 3. The maximum atomic E-state index is 11.6. The molecule has 0 radical (unpaired) electrons. The summed E-state index contributed by atoms with van der Waals surface area (Å²) in [5, 5.41) is 28.2. The van der Waals surface area contributed by atoms with Gasteiger partial charge in [-0.05, 0) is 31.1 Å². The van der Waals surface area contributed by atoms with Crippen molar-refractivity contribution >= 4 is 17.9 Å². The highest BCUT2D eigenvalue weighted by molar-refractivity contribution is 6.03. The molecule has 0 aromatic carbocycles. The molecule has 0 saturated heterocycles. The average Bonchev–Trinajstić information content (AvgIpc) is 2.36. The van der Waals surface area contributed by atoms with E-state index >= 15 is 0 Å². The molecular weight excluding hydrogens is 252 g/mol. The van der Waals surface area contributed by atoms with E-state index in [0.717, 1.165) is 19.3 Å². The second-order valence-electron chi connectivity index (χ2n) is 5.60. The summed E-state index contributed by atoms with van der Waals surface area (Å²) in [5.41, 5.74) is -2.16. The van der Waals surface area contributed by atoms with Gasteiger partial charge in [0.25, 0.3) is 0 Å². The predicted octanol–water partition coefficient (Wildman–Crippen LogP) is 1.44. The van der Waals surface area contributed by atoms with Crippen LogP contribution in [0.2, 0.25) is 0 Å². The van der Waals surface area contributed by atoms with Crippen LogP contribution >= 0.6 is 0 Å². The van der Waals surface area contributed by atoms with Crippen LogP contribution in [0, 0.1) is 23.2 Å². The van der Waals surface area contributed by atoms with Gasteiger partial charge in [0.15, 0.2) is 5.41 Å². The fraction of sp³-hybridized carbons (Fsp3) is 0.769. The van der Waals surface area contributed by atoms with Crippen LogP contribution in [-0.2, 0) is 14.4 Å². The van der Waals surface area contributed by atoms with Gasteiger partial charge >= 0.3 is 17.9 Å². The van der Waals surface area contributed by atoms with Crippen molar-refractivity contribution in [1.82, 2.24) is 0 Å². The molecule has 6 heteroatoms. The SMILES string of the molecule is O=C(O)C1CCC2CCCCC2C1(C(=O)O)C(=O)O. The Morgan fingerprint density at radius 2 is 1.42 bits per heavy atom. The largest absolute Gasteiger partial charge is 0.481 e.